The van der Waals surface area contributed by atoms with Crippen LogP contribution in [0.5, 0.6) is 0 Å². The molecule has 0 fully saturated rings. The van der Waals surface area contributed by atoms with Crippen molar-refractivity contribution in [2.45, 2.75) is 20.4 Å². The largest absolute Gasteiger partial charge is 0.349 e. The van der Waals surface area contributed by atoms with Crippen molar-refractivity contribution in [2.75, 3.05) is 16.9 Å². The molecule has 0 saturated carbocycles. The minimum absolute atomic E-state index is 0.332. The van der Waals surface area contributed by atoms with Crippen LogP contribution >= 0.6 is 11.6 Å². The summed E-state index contributed by atoms with van der Waals surface area (Å²) in [5, 5.41) is 9.70. The minimum Gasteiger partial charge on any atom is -0.322 e. The molecule has 3 aromatic rings. The van der Waals surface area contributed by atoms with Crippen molar-refractivity contribution in [2.24, 2.45) is 5.10 Å². The molecule has 1 N–H and O–H groups in total. The van der Waals surface area contributed by atoms with Crippen molar-refractivity contribution in [1.82, 2.24) is 9.55 Å². The number of anilines is 2. The van der Waals surface area contributed by atoms with Gasteiger partial charge in [0, 0.05) is 17.3 Å². The van der Waals surface area contributed by atoms with E-state index in [2.05, 4.69) is 15.4 Å². The molecule has 8 heteroatoms. The fourth-order valence-electron chi connectivity index (χ4n) is 3.31. The molecule has 1 aromatic heterocycles. The molecule has 0 aliphatic carbocycles. The highest BCUT2D eigenvalue weighted by Crippen LogP contribution is 2.27. The van der Waals surface area contributed by atoms with Crippen LogP contribution in [-0.2, 0) is 6.54 Å². The molecule has 1 aliphatic rings. The normalized spacial score (nSPS) is 13.0. The standard InChI is InChI=1S/C22H20ClN5O2/c1-14-3-9-18(10-4-14)26-20(29)19-15(2)25-22(30)27-11-12-28(21(19)27)24-13-16-5-7-17(23)8-6-16/h3-10,13H,11-12H2,1-2H3,(H,26,29)/b24-13+. The van der Waals surface area contributed by atoms with Crippen molar-refractivity contribution in [3.63, 3.8) is 0 Å². The van der Waals surface area contributed by atoms with Crippen molar-refractivity contribution < 1.29 is 4.79 Å². The van der Waals surface area contributed by atoms with Gasteiger partial charge >= 0.3 is 5.69 Å². The first kappa shape index (κ1) is 19.8. The lowest BCUT2D eigenvalue weighted by atomic mass is 10.2. The molecule has 1 amide bonds. The molecule has 0 spiro atoms. The van der Waals surface area contributed by atoms with Crippen LogP contribution in [0.3, 0.4) is 0 Å². The van der Waals surface area contributed by atoms with Crippen molar-refractivity contribution in [1.29, 1.82) is 0 Å². The van der Waals surface area contributed by atoms with Crippen LogP contribution in [0.2, 0.25) is 5.02 Å². The van der Waals surface area contributed by atoms with Crippen LogP contribution in [0.1, 0.15) is 27.2 Å². The van der Waals surface area contributed by atoms with Crippen LogP contribution in [0.25, 0.3) is 0 Å². The lowest BCUT2D eigenvalue weighted by molar-refractivity contribution is 0.102. The predicted octanol–water partition coefficient (Wildman–Crippen LogP) is 3.62. The van der Waals surface area contributed by atoms with Crippen LogP contribution in [0.15, 0.2) is 58.4 Å². The Morgan fingerprint density at radius 1 is 1.10 bits per heavy atom. The summed E-state index contributed by atoms with van der Waals surface area (Å²) >= 11 is 5.93. The Morgan fingerprint density at radius 2 is 1.80 bits per heavy atom. The summed E-state index contributed by atoms with van der Waals surface area (Å²) in [6, 6.07) is 14.8. The molecule has 2 heterocycles. The Kier molecular flexibility index (Phi) is 5.37. The van der Waals surface area contributed by atoms with Gasteiger partial charge in [0.05, 0.1) is 18.5 Å². The van der Waals surface area contributed by atoms with E-state index in [1.807, 2.05) is 43.3 Å². The average Bonchev–Trinajstić information content (AvgIpc) is 3.13. The third kappa shape index (κ3) is 3.97. The zero-order valence-corrected chi connectivity index (χ0v) is 17.3. The number of aromatic nitrogens is 2. The van der Waals surface area contributed by atoms with Gasteiger partial charge in [-0.05, 0) is 43.7 Å². The maximum Gasteiger partial charge on any atom is 0.349 e. The average molecular weight is 422 g/mol. The number of aryl methyl sites for hydroxylation is 2. The smallest absolute Gasteiger partial charge is 0.322 e. The highest BCUT2D eigenvalue weighted by molar-refractivity contribution is 6.30. The Hall–Kier alpha value is -3.45. The molecule has 152 valence electrons. The van der Waals surface area contributed by atoms with Crippen molar-refractivity contribution in [3.8, 4) is 0 Å². The Labute approximate surface area is 178 Å². The Morgan fingerprint density at radius 3 is 2.50 bits per heavy atom. The number of carbonyl (C=O) groups excluding carboxylic acids is 1. The van der Waals surface area contributed by atoms with Gasteiger partial charge in [-0.15, -0.1) is 0 Å². The van der Waals surface area contributed by atoms with Crippen LogP contribution in [0, 0.1) is 13.8 Å². The number of hydrazone groups is 1. The molecular weight excluding hydrogens is 402 g/mol. The second-order valence-corrected chi connectivity index (χ2v) is 7.51. The van der Waals surface area contributed by atoms with E-state index in [4.69, 9.17) is 11.6 Å². The maximum atomic E-state index is 13.1. The van der Waals surface area contributed by atoms with E-state index in [9.17, 15) is 9.59 Å². The van der Waals surface area contributed by atoms with Gasteiger partial charge in [0.1, 0.15) is 11.4 Å². The van der Waals surface area contributed by atoms with E-state index < -0.39 is 5.69 Å². The van der Waals surface area contributed by atoms with Gasteiger partial charge in [0.2, 0.25) is 0 Å². The summed E-state index contributed by atoms with van der Waals surface area (Å²) < 4.78 is 1.48. The third-order valence-corrected chi connectivity index (χ3v) is 5.12. The second-order valence-electron chi connectivity index (χ2n) is 7.07. The number of amides is 1. The highest BCUT2D eigenvalue weighted by Gasteiger charge is 2.29. The molecule has 0 unspecified atom stereocenters. The number of benzene rings is 2. The molecular formula is C22H20ClN5O2. The minimum atomic E-state index is -0.390. The Bertz CT molecular complexity index is 1180. The highest BCUT2D eigenvalue weighted by atomic mass is 35.5. The number of rotatable bonds is 4. The molecule has 1 aliphatic heterocycles. The second kappa shape index (κ2) is 8.12. The SMILES string of the molecule is Cc1ccc(NC(=O)c2c(C)nc(=O)n3c2N(/N=C/c2ccc(Cl)cc2)CC3)cc1. The van der Waals surface area contributed by atoms with Gasteiger partial charge in [-0.2, -0.15) is 10.1 Å². The summed E-state index contributed by atoms with van der Waals surface area (Å²) in [5.41, 5.74) is 2.94. The number of nitrogens with zero attached hydrogens (tertiary/aromatic N) is 4. The van der Waals surface area contributed by atoms with Gasteiger partial charge in [-0.25, -0.2) is 9.80 Å². The van der Waals surface area contributed by atoms with E-state index >= 15 is 0 Å². The number of halogens is 1. The van der Waals surface area contributed by atoms with E-state index in [1.54, 1.807) is 30.3 Å². The zero-order valence-electron chi connectivity index (χ0n) is 16.6. The number of fused-ring (bicyclic) bond motifs is 1. The first-order chi connectivity index (χ1) is 14.4. The molecule has 2 aromatic carbocycles. The van der Waals surface area contributed by atoms with E-state index in [-0.39, 0.29) is 5.91 Å². The molecule has 0 atom stereocenters. The lowest BCUT2D eigenvalue weighted by Crippen LogP contribution is -2.28. The monoisotopic (exact) mass is 421 g/mol. The third-order valence-electron chi connectivity index (χ3n) is 4.87. The predicted molar refractivity (Wildman–Crippen MR) is 119 cm³/mol. The van der Waals surface area contributed by atoms with E-state index in [0.29, 0.717) is 40.9 Å². The molecule has 0 bridgehead atoms. The van der Waals surface area contributed by atoms with Gasteiger partial charge in [-0.3, -0.25) is 9.36 Å². The first-order valence-corrected chi connectivity index (χ1v) is 9.87. The lowest BCUT2D eigenvalue weighted by Gasteiger charge is -2.17. The Balaban J connectivity index is 1.69. The van der Waals surface area contributed by atoms with E-state index in [1.165, 1.54) is 4.57 Å². The summed E-state index contributed by atoms with van der Waals surface area (Å²) in [7, 11) is 0. The number of carbonyl (C=O) groups is 1. The molecule has 4 rings (SSSR count). The first-order valence-electron chi connectivity index (χ1n) is 9.49. The van der Waals surface area contributed by atoms with Gasteiger partial charge in [0.25, 0.3) is 5.91 Å². The molecule has 30 heavy (non-hydrogen) atoms. The van der Waals surface area contributed by atoms with Crippen molar-refractivity contribution in [3.05, 3.63) is 86.4 Å². The number of hydrogen-bond donors (Lipinski definition) is 1. The van der Waals surface area contributed by atoms with Crippen LogP contribution in [-0.4, -0.2) is 28.2 Å². The number of hydrogen-bond acceptors (Lipinski definition) is 5. The number of nitrogens with one attached hydrogen (secondary N) is 1. The summed E-state index contributed by atoms with van der Waals surface area (Å²) in [6.45, 7) is 4.51. The summed E-state index contributed by atoms with van der Waals surface area (Å²) in [6.07, 6.45) is 1.67. The fourth-order valence-corrected chi connectivity index (χ4v) is 3.44. The van der Waals surface area contributed by atoms with Gasteiger partial charge < -0.3 is 5.32 Å². The fraction of sp³-hybridized carbons (Fsp3) is 0.182. The van der Waals surface area contributed by atoms with Gasteiger partial charge in [0.15, 0.2) is 0 Å². The van der Waals surface area contributed by atoms with Gasteiger partial charge in [-0.1, -0.05) is 41.4 Å². The quantitative estimate of drug-likeness (QED) is 0.652. The molecule has 0 saturated heterocycles. The maximum absolute atomic E-state index is 13.1. The van der Waals surface area contributed by atoms with Crippen molar-refractivity contribution >= 4 is 35.2 Å². The van der Waals surface area contributed by atoms with E-state index in [0.717, 1.165) is 11.1 Å². The van der Waals surface area contributed by atoms with Crippen LogP contribution in [0.4, 0.5) is 11.5 Å². The summed E-state index contributed by atoms with van der Waals surface area (Å²) in [5.74, 6) is 0.114. The topological polar surface area (TPSA) is 79.6 Å². The summed E-state index contributed by atoms with van der Waals surface area (Å²) in [4.78, 5) is 29.5. The zero-order chi connectivity index (χ0) is 21.3. The van der Waals surface area contributed by atoms with Crippen LogP contribution < -0.4 is 16.0 Å². The molecule has 0 radical (unpaired) electrons. The molecule has 7 nitrogen and oxygen atoms in total.